The number of hydrogen-bond acceptors (Lipinski definition) is 4. The fourth-order valence-electron chi connectivity index (χ4n) is 5.02. The van der Waals surface area contributed by atoms with E-state index < -0.39 is 0 Å². The van der Waals surface area contributed by atoms with E-state index in [1.165, 1.54) is 34.0 Å². The third-order valence-electron chi connectivity index (χ3n) is 6.98. The number of rotatable bonds is 6. The molecule has 0 aliphatic heterocycles. The maximum atomic E-state index is 5.03. The van der Waals surface area contributed by atoms with Crippen molar-refractivity contribution in [2.75, 3.05) is 0 Å². The van der Waals surface area contributed by atoms with Crippen molar-refractivity contribution in [2.45, 2.75) is 37.8 Å². The Morgan fingerprint density at radius 1 is 0.853 bits per heavy atom. The highest BCUT2D eigenvalue weighted by atomic mass is 32.1. The second-order valence-corrected chi connectivity index (χ2v) is 9.86. The number of fused-ring (bicyclic) bond motifs is 1. The van der Waals surface area contributed by atoms with Crippen molar-refractivity contribution in [3.8, 4) is 0 Å². The van der Waals surface area contributed by atoms with E-state index in [0.717, 1.165) is 29.8 Å². The predicted octanol–water partition coefficient (Wildman–Crippen LogP) is 6.11. The van der Waals surface area contributed by atoms with Gasteiger partial charge in [0.05, 0.1) is 13.1 Å². The lowest BCUT2D eigenvalue weighted by atomic mass is 9.62. The van der Waals surface area contributed by atoms with Crippen molar-refractivity contribution in [3.05, 3.63) is 124 Å². The molecule has 1 fully saturated rings. The number of hydrogen-bond donors (Lipinski definition) is 0. The zero-order chi connectivity index (χ0) is 22.8. The van der Waals surface area contributed by atoms with Gasteiger partial charge in [0.1, 0.15) is 0 Å². The Morgan fingerprint density at radius 2 is 1.62 bits per heavy atom. The summed E-state index contributed by atoms with van der Waals surface area (Å²) in [5, 5.41) is 4.94. The molecule has 4 nitrogen and oxygen atoms in total. The Bertz CT molecular complexity index is 1480. The Balaban J connectivity index is 1.47. The van der Waals surface area contributed by atoms with Crippen molar-refractivity contribution >= 4 is 22.1 Å². The molecule has 2 aromatic carbocycles. The highest BCUT2D eigenvalue weighted by molar-refractivity contribution is 7.07. The standard InChI is InChI=1S/C29H26N4S/c1-2-9-25-16-26(11-10-24(25)8-1)29(12-5-13-29)27-21-34-28(32-19-22-6-3-14-30-17-22)33(27)20-23-7-4-15-31-18-23/h1-4,6-11,14-18,21H,5,12-13,19-20H2/b32-28-. The average molecular weight is 463 g/mol. The molecule has 0 saturated heterocycles. The quantitative estimate of drug-likeness (QED) is 0.305. The molecule has 1 aliphatic rings. The summed E-state index contributed by atoms with van der Waals surface area (Å²) < 4.78 is 2.42. The molecule has 1 aliphatic carbocycles. The van der Waals surface area contributed by atoms with Gasteiger partial charge in [-0.25, -0.2) is 0 Å². The smallest absolute Gasteiger partial charge is 0.185 e. The van der Waals surface area contributed by atoms with Crippen LogP contribution in [0.5, 0.6) is 0 Å². The fraction of sp³-hybridized carbons (Fsp3) is 0.207. The number of aromatic nitrogens is 3. The van der Waals surface area contributed by atoms with Crippen molar-refractivity contribution in [2.24, 2.45) is 4.99 Å². The Kier molecular flexibility index (Phi) is 5.55. The van der Waals surface area contributed by atoms with Gasteiger partial charge in [0.2, 0.25) is 0 Å². The highest BCUT2D eigenvalue weighted by Gasteiger charge is 2.43. The van der Waals surface area contributed by atoms with E-state index in [-0.39, 0.29) is 5.41 Å². The largest absolute Gasteiger partial charge is 0.316 e. The molecule has 0 bridgehead atoms. The van der Waals surface area contributed by atoms with Gasteiger partial charge in [0.25, 0.3) is 0 Å². The Labute approximate surface area is 203 Å². The third-order valence-corrected chi connectivity index (χ3v) is 7.88. The molecule has 0 radical (unpaired) electrons. The van der Waals surface area contributed by atoms with E-state index in [4.69, 9.17) is 4.99 Å². The first-order valence-electron chi connectivity index (χ1n) is 11.8. The molecule has 0 unspecified atom stereocenters. The van der Waals surface area contributed by atoms with Gasteiger partial charge in [0, 0.05) is 41.3 Å². The molecule has 34 heavy (non-hydrogen) atoms. The summed E-state index contributed by atoms with van der Waals surface area (Å²) in [6.07, 6.45) is 11.1. The molecular formula is C29H26N4S. The molecule has 0 N–H and O–H groups in total. The first-order chi connectivity index (χ1) is 16.8. The molecule has 5 aromatic rings. The van der Waals surface area contributed by atoms with Crippen LogP contribution >= 0.6 is 11.3 Å². The first kappa shape index (κ1) is 21.0. The van der Waals surface area contributed by atoms with Crippen molar-refractivity contribution in [1.82, 2.24) is 14.5 Å². The van der Waals surface area contributed by atoms with Crippen LogP contribution in [0.2, 0.25) is 0 Å². The second kappa shape index (κ2) is 8.99. The Hall–Kier alpha value is -3.57. The van der Waals surface area contributed by atoms with Crippen LogP contribution in [0.1, 0.15) is 41.6 Å². The number of thiazole rings is 1. The van der Waals surface area contributed by atoms with E-state index in [1.54, 1.807) is 17.5 Å². The van der Waals surface area contributed by atoms with E-state index in [1.807, 2.05) is 30.7 Å². The number of pyridine rings is 2. The number of benzene rings is 2. The van der Waals surface area contributed by atoms with Gasteiger partial charge < -0.3 is 4.57 Å². The fourth-order valence-corrected chi connectivity index (χ4v) is 6.02. The summed E-state index contributed by atoms with van der Waals surface area (Å²) in [5.41, 5.74) is 5.13. The van der Waals surface area contributed by atoms with Crippen LogP contribution in [0.4, 0.5) is 0 Å². The summed E-state index contributed by atoms with van der Waals surface area (Å²) in [7, 11) is 0. The highest BCUT2D eigenvalue weighted by Crippen LogP contribution is 2.49. The molecule has 168 valence electrons. The Morgan fingerprint density at radius 3 is 2.32 bits per heavy atom. The molecule has 1 saturated carbocycles. The van der Waals surface area contributed by atoms with Crippen LogP contribution in [-0.2, 0) is 18.5 Å². The number of nitrogens with zero attached hydrogens (tertiary/aromatic N) is 4. The van der Waals surface area contributed by atoms with Crippen LogP contribution in [0.15, 0.2) is 102 Å². The molecular weight excluding hydrogens is 436 g/mol. The minimum absolute atomic E-state index is 0.0326. The SMILES string of the molecule is c1cncc(C/N=c2\scc(C3(c4ccc5ccccc5c4)CCC3)n2Cc2cccnc2)c1. The minimum atomic E-state index is 0.0326. The van der Waals surface area contributed by atoms with Crippen LogP contribution < -0.4 is 4.80 Å². The van der Waals surface area contributed by atoms with Gasteiger partial charge >= 0.3 is 0 Å². The average Bonchev–Trinajstić information content (AvgIpc) is 3.25. The maximum Gasteiger partial charge on any atom is 0.185 e. The summed E-state index contributed by atoms with van der Waals surface area (Å²) in [6, 6.07) is 23.9. The van der Waals surface area contributed by atoms with Gasteiger partial charge in [-0.3, -0.25) is 15.0 Å². The molecule has 5 heteroatoms. The van der Waals surface area contributed by atoms with Crippen LogP contribution in [-0.4, -0.2) is 14.5 Å². The van der Waals surface area contributed by atoms with Gasteiger partial charge in [-0.2, -0.15) is 0 Å². The minimum Gasteiger partial charge on any atom is -0.316 e. The molecule has 3 aromatic heterocycles. The van der Waals surface area contributed by atoms with Gasteiger partial charge in [-0.15, -0.1) is 11.3 Å². The summed E-state index contributed by atoms with van der Waals surface area (Å²) in [4.78, 5) is 14.7. The molecule has 0 spiro atoms. The summed E-state index contributed by atoms with van der Waals surface area (Å²) >= 11 is 1.74. The normalized spacial score (nSPS) is 15.4. The van der Waals surface area contributed by atoms with E-state index in [9.17, 15) is 0 Å². The van der Waals surface area contributed by atoms with E-state index in [0.29, 0.717) is 6.54 Å². The van der Waals surface area contributed by atoms with Crippen molar-refractivity contribution in [1.29, 1.82) is 0 Å². The van der Waals surface area contributed by atoms with Crippen molar-refractivity contribution in [3.63, 3.8) is 0 Å². The first-order valence-corrected chi connectivity index (χ1v) is 12.7. The monoisotopic (exact) mass is 462 g/mol. The van der Waals surface area contributed by atoms with Gasteiger partial charge in [0.15, 0.2) is 4.80 Å². The maximum absolute atomic E-state index is 5.03. The van der Waals surface area contributed by atoms with E-state index in [2.05, 4.69) is 74.5 Å². The molecule has 0 amide bonds. The molecule has 0 atom stereocenters. The summed E-state index contributed by atoms with van der Waals surface area (Å²) in [5.74, 6) is 0. The topological polar surface area (TPSA) is 43.1 Å². The van der Waals surface area contributed by atoms with E-state index >= 15 is 0 Å². The lowest BCUT2D eigenvalue weighted by Crippen LogP contribution is -2.39. The lowest BCUT2D eigenvalue weighted by Gasteiger charge is -2.43. The van der Waals surface area contributed by atoms with Crippen LogP contribution in [0, 0.1) is 0 Å². The summed E-state index contributed by atoms with van der Waals surface area (Å²) in [6.45, 7) is 1.40. The molecule has 6 rings (SSSR count). The van der Waals surface area contributed by atoms with Gasteiger partial charge in [-0.1, -0.05) is 61.0 Å². The zero-order valence-electron chi connectivity index (χ0n) is 19.0. The zero-order valence-corrected chi connectivity index (χ0v) is 19.8. The van der Waals surface area contributed by atoms with Crippen LogP contribution in [0.25, 0.3) is 10.8 Å². The van der Waals surface area contributed by atoms with Crippen LogP contribution in [0.3, 0.4) is 0 Å². The second-order valence-electron chi connectivity index (χ2n) is 9.03. The lowest BCUT2D eigenvalue weighted by molar-refractivity contribution is 0.284. The predicted molar refractivity (Wildman–Crippen MR) is 138 cm³/mol. The third kappa shape index (κ3) is 3.86. The van der Waals surface area contributed by atoms with Gasteiger partial charge in [-0.05, 0) is 52.4 Å². The van der Waals surface area contributed by atoms with Crippen molar-refractivity contribution < 1.29 is 0 Å². The molecule has 3 heterocycles.